The van der Waals surface area contributed by atoms with Gasteiger partial charge in [0.2, 0.25) is 0 Å². The molecule has 0 radical (unpaired) electrons. The van der Waals surface area contributed by atoms with Crippen LogP contribution in [0.15, 0.2) is 30.3 Å². The molecule has 1 heterocycles. The Bertz CT molecular complexity index is 513. The fourth-order valence-corrected chi connectivity index (χ4v) is 1.72. The van der Waals surface area contributed by atoms with E-state index < -0.39 is 0 Å². The van der Waals surface area contributed by atoms with E-state index in [2.05, 4.69) is 10.3 Å². The quantitative estimate of drug-likeness (QED) is 0.745. The van der Waals surface area contributed by atoms with Gasteiger partial charge in [0.1, 0.15) is 5.82 Å². The number of rotatable bonds is 4. The van der Waals surface area contributed by atoms with Crippen molar-refractivity contribution < 1.29 is 5.11 Å². The average Bonchev–Trinajstić information content (AvgIpc) is 2.37. The molecule has 4 N–H and O–H groups in total. The summed E-state index contributed by atoms with van der Waals surface area (Å²) in [6, 6.07) is 9.92. The van der Waals surface area contributed by atoms with Crippen LogP contribution in [0.5, 0.6) is 0 Å². The predicted molar refractivity (Wildman–Crippen MR) is 69.8 cm³/mol. The number of benzene rings is 1. The van der Waals surface area contributed by atoms with E-state index in [4.69, 9.17) is 10.8 Å². The molecule has 0 amide bonds. The lowest BCUT2D eigenvalue weighted by Gasteiger charge is -2.15. The second kappa shape index (κ2) is 5.12. The molecule has 0 aliphatic carbocycles. The van der Waals surface area contributed by atoms with Crippen molar-refractivity contribution in [1.29, 1.82) is 0 Å². The van der Waals surface area contributed by atoms with Crippen LogP contribution < -0.4 is 11.1 Å². The number of para-hydroxylation sites is 1. The minimum absolute atomic E-state index is 0.0334. The highest BCUT2D eigenvalue weighted by molar-refractivity contribution is 5.81. The molecule has 4 heteroatoms. The number of nitrogens with zero attached hydrogens (tertiary/aromatic N) is 1. The van der Waals surface area contributed by atoms with Gasteiger partial charge in [-0.05, 0) is 19.1 Å². The number of hydrogen-bond acceptors (Lipinski definition) is 4. The Kier molecular flexibility index (Phi) is 3.56. The van der Waals surface area contributed by atoms with Gasteiger partial charge in [-0.15, -0.1) is 0 Å². The van der Waals surface area contributed by atoms with Crippen molar-refractivity contribution in [3.05, 3.63) is 35.9 Å². The molecule has 1 unspecified atom stereocenters. The van der Waals surface area contributed by atoms with Crippen LogP contribution in [0.3, 0.4) is 0 Å². The van der Waals surface area contributed by atoms with Crippen molar-refractivity contribution in [1.82, 2.24) is 4.98 Å². The summed E-state index contributed by atoms with van der Waals surface area (Å²) < 4.78 is 0. The zero-order valence-corrected chi connectivity index (χ0v) is 9.85. The van der Waals surface area contributed by atoms with Gasteiger partial charge >= 0.3 is 0 Å². The summed E-state index contributed by atoms with van der Waals surface area (Å²) in [6.45, 7) is 2.40. The standard InChI is InChI=1S/C13H17N3O/c1-9(8-17)15-13-11(7-14)6-10-4-2-3-5-12(10)16-13/h2-6,9,17H,7-8,14H2,1H3,(H,15,16). The molecule has 0 bridgehead atoms. The van der Waals surface area contributed by atoms with Gasteiger partial charge in [0.15, 0.2) is 0 Å². The molecule has 90 valence electrons. The number of fused-ring (bicyclic) bond motifs is 1. The highest BCUT2D eigenvalue weighted by Gasteiger charge is 2.08. The maximum absolute atomic E-state index is 9.05. The van der Waals surface area contributed by atoms with Crippen molar-refractivity contribution in [3.63, 3.8) is 0 Å². The van der Waals surface area contributed by atoms with Crippen LogP contribution in [0.2, 0.25) is 0 Å². The van der Waals surface area contributed by atoms with E-state index in [1.54, 1.807) is 0 Å². The first kappa shape index (κ1) is 11.8. The lowest BCUT2D eigenvalue weighted by molar-refractivity contribution is 0.281. The molecular weight excluding hydrogens is 214 g/mol. The molecule has 2 aromatic rings. The third-order valence-corrected chi connectivity index (χ3v) is 2.68. The number of anilines is 1. The highest BCUT2D eigenvalue weighted by Crippen LogP contribution is 2.20. The molecule has 0 saturated heterocycles. The molecule has 0 aliphatic heterocycles. The van der Waals surface area contributed by atoms with Crippen LogP contribution in [0.25, 0.3) is 10.9 Å². The van der Waals surface area contributed by atoms with E-state index in [-0.39, 0.29) is 12.6 Å². The van der Waals surface area contributed by atoms with Gasteiger partial charge < -0.3 is 16.2 Å². The molecule has 0 spiro atoms. The van der Waals surface area contributed by atoms with Gasteiger partial charge in [-0.25, -0.2) is 4.98 Å². The maximum Gasteiger partial charge on any atom is 0.131 e. The first-order valence-corrected chi connectivity index (χ1v) is 5.70. The van der Waals surface area contributed by atoms with Gasteiger partial charge in [0.05, 0.1) is 12.1 Å². The molecule has 1 atom stereocenters. The van der Waals surface area contributed by atoms with E-state index in [0.717, 1.165) is 22.3 Å². The first-order chi connectivity index (χ1) is 8.24. The molecule has 0 fully saturated rings. The Balaban J connectivity index is 2.45. The number of nitrogens with two attached hydrogens (primary N) is 1. The Hall–Kier alpha value is -1.65. The molecule has 0 aliphatic rings. The van der Waals surface area contributed by atoms with Crippen LogP contribution in [-0.4, -0.2) is 22.7 Å². The zero-order chi connectivity index (χ0) is 12.3. The van der Waals surface area contributed by atoms with Gasteiger partial charge in [0.25, 0.3) is 0 Å². The van der Waals surface area contributed by atoms with E-state index >= 15 is 0 Å². The van der Waals surface area contributed by atoms with Crippen molar-refractivity contribution in [2.24, 2.45) is 5.73 Å². The van der Waals surface area contributed by atoms with E-state index in [1.165, 1.54) is 0 Å². The molecule has 17 heavy (non-hydrogen) atoms. The van der Waals surface area contributed by atoms with Gasteiger partial charge in [-0.2, -0.15) is 0 Å². The monoisotopic (exact) mass is 231 g/mol. The lowest BCUT2D eigenvalue weighted by atomic mass is 10.1. The molecule has 1 aromatic heterocycles. The summed E-state index contributed by atoms with van der Waals surface area (Å²) in [5.74, 6) is 0.757. The fraction of sp³-hybridized carbons (Fsp3) is 0.308. The normalized spacial score (nSPS) is 12.6. The van der Waals surface area contributed by atoms with E-state index in [1.807, 2.05) is 37.3 Å². The minimum atomic E-state index is -0.0334. The van der Waals surface area contributed by atoms with E-state index in [9.17, 15) is 0 Å². The fourth-order valence-electron chi connectivity index (χ4n) is 1.72. The zero-order valence-electron chi connectivity index (χ0n) is 9.85. The Labute approximate surface area is 100 Å². The largest absolute Gasteiger partial charge is 0.394 e. The molecule has 1 aromatic carbocycles. The summed E-state index contributed by atoms with van der Waals surface area (Å²) in [7, 11) is 0. The highest BCUT2D eigenvalue weighted by atomic mass is 16.3. The Morgan fingerprint density at radius 3 is 2.88 bits per heavy atom. The van der Waals surface area contributed by atoms with Crippen LogP contribution in [-0.2, 0) is 6.54 Å². The number of aromatic nitrogens is 1. The molecule has 0 saturated carbocycles. The average molecular weight is 231 g/mol. The number of aliphatic hydroxyl groups is 1. The van der Waals surface area contributed by atoms with E-state index in [0.29, 0.717) is 6.54 Å². The van der Waals surface area contributed by atoms with Gasteiger partial charge in [-0.1, -0.05) is 18.2 Å². The van der Waals surface area contributed by atoms with Crippen molar-refractivity contribution in [2.75, 3.05) is 11.9 Å². The third kappa shape index (κ3) is 2.54. The molecular formula is C13H17N3O. The number of hydrogen-bond donors (Lipinski definition) is 3. The molecule has 4 nitrogen and oxygen atoms in total. The van der Waals surface area contributed by atoms with Crippen LogP contribution in [0, 0.1) is 0 Å². The van der Waals surface area contributed by atoms with Gasteiger partial charge in [-0.3, -0.25) is 0 Å². The van der Waals surface area contributed by atoms with Crippen molar-refractivity contribution in [2.45, 2.75) is 19.5 Å². The topological polar surface area (TPSA) is 71.2 Å². The number of nitrogens with one attached hydrogen (secondary N) is 1. The third-order valence-electron chi connectivity index (χ3n) is 2.68. The predicted octanol–water partition coefficient (Wildman–Crippen LogP) is 1.49. The summed E-state index contributed by atoms with van der Waals surface area (Å²) in [6.07, 6.45) is 0. The van der Waals surface area contributed by atoms with Crippen molar-refractivity contribution >= 4 is 16.7 Å². The number of aliphatic hydroxyl groups excluding tert-OH is 1. The minimum Gasteiger partial charge on any atom is -0.394 e. The second-order valence-corrected chi connectivity index (χ2v) is 4.12. The van der Waals surface area contributed by atoms with Crippen LogP contribution in [0.1, 0.15) is 12.5 Å². The van der Waals surface area contributed by atoms with Crippen LogP contribution in [0.4, 0.5) is 5.82 Å². The SMILES string of the molecule is CC(CO)Nc1nc2ccccc2cc1CN. The summed E-state index contributed by atoms with van der Waals surface area (Å²) >= 11 is 0. The summed E-state index contributed by atoms with van der Waals surface area (Å²) in [5.41, 5.74) is 7.61. The first-order valence-electron chi connectivity index (χ1n) is 5.70. The summed E-state index contributed by atoms with van der Waals surface area (Å²) in [5, 5.41) is 13.3. The van der Waals surface area contributed by atoms with Crippen molar-refractivity contribution in [3.8, 4) is 0 Å². The second-order valence-electron chi connectivity index (χ2n) is 4.12. The Morgan fingerprint density at radius 2 is 2.18 bits per heavy atom. The smallest absolute Gasteiger partial charge is 0.131 e. The van der Waals surface area contributed by atoms with Gasteiger partial charge in [0, 0.05) is 23.5 Å². The Morgan fingerprint density at radius 1 is 1.41 bits per heavy atom. The maximum atomic E-state index is 9.05. The number of pyridine rings is 1. The molecule has 2 rings (SSSR count). The summed E-state index contributed by atoms with van der Waals surface area (Å²) in [4.78, 5) is 4.53. The van der Waals surface area contributed by atoms with Crippen LogP contribution >= 0.6 is 0 Å². The lowest BCUT2D eigenvalue weighted by Crippen LogP contribution is -2.21.